The van der Waals surface area contributed by atoms with Gasteiger partial charge >= 0.3 is 0 Å². The van der Waals surface area contributed by atoms with Gasteiger partial charge < -0.3 is 0 Å². The molecule has 0 spiro atoms. The Morgan fingerprint density at radius 1 is 1.29 bits per heavy atom. The normalized spacial score (nSPS) is 19.1. The zero-order valence-electron chi connectivity index (χ0n) is 13.2. The molecule has 1 fully saturated rings. The number of hydrazine groups is 1. The number of nitrogens with one attached hydrogen (secondary N) is 1. The molecule has 1 unspecified atom stereocenters. The molecule has 21 heavy (non-hydrogen) atoms. The summed E-state index contributed by atoms with van der Waals surface area (Å²) in [6.45, 7) is 6.47. The van der Waals surface area contributed by atoms with Crippen LogP contribution in [0.5, 0.6) is 0 Å². The second-order valence-corrected chi connectivity index (χ2v) is 6.04. The van der Waals surface area contributed by atoms with Crippen LogP contribution < -0.4 is 11.3 Å². The van der Waals surface area contributed by atoms with Crippen molar-refractivity contribution in [2.24, 2.45) is 5.84 Å². The molecule has 1 aliphatic carbocycles. The largest absolute Gasteiger partial charge is 0.297 e. The van der Waals surface area contributed by atoms with E-state index >= 15 is 0 Å². The van der Waals surface area contributed by atoms with Gasteiger partial charge in [0.25, 0.3) is 0 Å². The predicted molar refractivity (Wildman–Crippen MR) is 85.3 cm³/mol. The summed E-state index contributed by atoms with van der Waals surface area (Å²) < 4.78 is 13.4. The Morgan fingerprint density at radius 3 is 2.48 bits per heavy atom. The maximum atomic E-state index is 13.4. The van der Waals surface area contributed by atoms with Crippen molar-refractivity contribution in [2.75, 3.05) is 13.1 Å². The summed E-state index contributed by atoms with van der Waals surface area (Å²) in [5.74, 6) is 5.73. The molecule has 1 saturated carbocycles. The first-order valence-corrected chi connectivity index (χ1v) is 8.12. The molecule has 118 valence electrons. The molecule has 3 N–H and O–H groups in total. The average molecular weight is 293 g/mol. The van der Waals surface area contributed by atoms with Gasteiger partial charge in [-0.05, 0) is 50.0 Å². The molecular weight excluding hydrogens is 265 g/mol. The fourth-order valence-corrected chi connectivity index (χ4v) is 4.03. The fourth-order valence-electron chi connectivity index (χ4n) is 4.03. The van der Waals surface area contributed by atoms with Gasteiger partial charge in [0.15, 0.2) is 0 Å². The molecule has 2 rings (SSSR count). The lowest BCUT2D eigenvalue weighted by Crippen LogP contribution is -2.62. The van der Waals surface area contributed by atoms with Gasteiger partial charge in [0, 0.05) is 11.6 Å². The van der Waals surface area contributed by atoms with Gasteiger partial charge in [-0.15, -0.1) is 0 Å². The predicted octanol–water partition coefficient (Wildman–Crippen LogP) is 2.85. The minimum absolute atomic E-state index is 0.102. The van der Waals surface area contributed by atoms with Crippen LogP contribution >= 0.6 is 0 Å². The van der Waals surface area contributed by atoms with E-state index in [1.165, 1.54) is 31.7 Å². The molecule has 0 radical (unpaired) electrons. The van der Waals surface area contributed by atoms with Crippen LogP contribution in [0.3, 0.4) is 0 Å². The molecule has 4 heteroatoms. The number of nitrogens with zero attached hydrogens (tertiary/aromatic N) is 1. The van der Waals surface area contributed by atoms with E-state index in [0.717, 1.165) is 25.1 Å². The average Bonchev–Trinajstić information content (AvgIpc) is 2.96. The number of halogens is 1. The van der Waals surface area contributed by atoms with Gasteiger partial charge in [-0.1, -0.05) is 38.8 Å². The molecular formula is C17H28FN3. The Labute approximate surface area is 127 Å². The van der Waals surface area contributed by atoms with Gasteiger partial charge in [0.1, 0.15) is 5.82 Å². The quantitative estimate of drug-likeness (QED) is 0.600. The third-order valence-electron chi connectivity index (χ3n) is 5.04. The van der Waals surface area contributed by atoms with Crippen molar-refractivity contribution in [3.8, 4) is 0 Å². The summed E-state index contributed by atoms with van der Waals surface area (Å²) in [5, 5.41) is 0. The van der Waals surface area contributed by atoms with Crippen LogP contribution in [-0.2, 0) is 6.42 Å². The lowest BCUT2D eigenvalue weighted by Gasteiger charge is -2.46. The second-order valence-electron chi connectivity index (χ2n) is 6.04. The lowest BCUT2D eigenvalue weighted by atomic mass is 9.82. The van der Waals surface area contributed by atoms with Crippen molar-refractivity contribution in [1.29, 1.82) is 0 Å². The molecule has 0 aromatic heterocycles. The summed E-state index contributed by atoms with van der Waals surface area (Å²) >= 11 is 0. The zero-order valence-corrected chi connectivity index (χ0v) is 13.2. The van der Waals surface area contributed by atoms with Gasteiger partial charge in [-0.3, -0.25) is 16.2 Å². The molecule has 1 aromatic rings. The molecule has 0 amide bonds. The van der Waals surface area contributed by atoms with E-state index in [2.05, 4.69) is 24.2 Å². The molecule has 1 aromatic carbocycles. The fraction of sp³-hybridized carbons (Fsp3) is 0.647. The number of likely N-dealkylation sites (N-methyl/N-ethyl adjacent to an activating group) is 1. The SMILES string of the molecule is CCN(CC)C1(C(Cc2cccc(F)c2)NN)CCCC1. The van der Waals surface area contributed by atoms with Crippen molar-refractivity contribution >= 4 is 0 Å². The van der Waals surface area contributed by atoms with Crippen LogP contribution in [0.1, 0.15) is 45.1 Å². The molecule has 1 aliphatic rings. The summed E-state index contributed by atoms with van der Waals surface area (Å²) in [7, 11) is 0. The van der Waals surface area contributed by atoms with Crippen LogP contribution in [0, 0.1) is 5.82 Å². The highest BCUT2D eigenvalue weighted by Crippen LogP contribution is 2.39. The van der Waals surface area contributed by atoms with E-state index in [1.807, 2.05) is 6.07 Å². The van der Waals surface area contributed by atoms with E-state index in [-0.39, 0.29) is 17.4 Å². The van der Waals surface area contributed by atoms with Crippen LogP contribution in [0.4, 0.5) is 4.39 Å². The molecule has 3 nitrogen and oxygen atoms in total. The topological polar surface area (TPSA) is 41.3 Å². The van der Waals surface area contributed by atoms with Crippen molar-refractivity contribution < 1.29 is 4.39 Å². The van der Waals surface area contributed by atoms with Crippen molar-refractivity contribution in [3.63, 3.8) is 0 Å². The maximum absolute atomic E-state index is 13.4. The molecule has 0 saturated heterocycles. The number of hydrogen-bond donors (Lipinski definition) is 2. The highest BCUT2D eigenvalue weighted by molar-refractivity contribution is 5.19. The Balaban J connectivity index is 2.24. The Morgan fingerprint density at radius 2 is 1.95 bits per heavy atom. The van der Waals surface area contributed by atoms with Crippen molar-refractivity contribution in [2.45, 2.75) is 57.5 Å². The zero-order chi connectivity index (χ0) is 15.3. The van der Waals surface area contributed by atoms with E-state index in [1.54, 1.807) is 12.1 Å². The first-order chi connectivity index (χ1) is 10.2. The molecule has 1 atom stereocenters. The number of rotatable bonds is 7. The maximum Gasteiger partial charge on any atom is 0.123 e. The van der Waals surface area contributed by atoms with Gasteiger partial charge in [0.2, 0.25) is 0 Å². The van der Waals surface area contributed by atoms with Crippen molar-refractivity contribution in [3.05, 3.63) is 35.6 Å². The van der Waals surface area contributed by atoms with E-state index in [4.69, 9.17) is 5.84 Å². The number of nitrogens with two attached hydrogens (primary N) is 1. The third kappa shape index (κ3) is 3.44. The number of benzene rings is 1. The van der Waals surface area contributed by atoms with Crippen LogP contribution in [0.25, 0.3) is 0 Å². The highest BCUT2D eigenvalue weighted by Gasteiger charge is 2.44. The monoisotopic (exact) mass is 293 g/mol. The summed E-state index contributed by atoms with van der Waals surface area (Å²) in [5.41, 5.74) is 4.15. The standard InChI is InChI=1S/C17H28FN3/c1-3-21(4-2)17(10-5-6-11-17)16(20-19)13-14-8-7-9-15(18)12-14/h7-9,12,16,20H,3-6,10-11,13,19H2,1-2H3. The minimum atomic E-state index is -0.174. The molecule has 0 aliphatic heterocycles. The Kier molecular flexibility index (Phi) is 5.73. The van der Waals surface area contributed by atoms with E-state index in [9.17, 15) is 4.39 Å². The van der Waals surface area contributed by atoms with E-state index < -0.39 is 0 Å². The highest BCUT2D eigenvalue weighted by atomic mass is 19.1. The van der Waals surface area contributed by atoms with Crippen LogP contribution in [0.15, 0.2) is 24.3 Å². The molecule has 0 bridgehead atoms. The van der Waals surface area contributed by atoms with Crippen molar-refractivity contribution in [1.82, 2.24) is 10.3 Å². The van der Waals surface area contributed by atoms with Crippen LogP contribution in [-0.4, -0.2) is 29.6 Å². The third-order valence-corrected chi connectivity index (χ3v) is 5.04. The first-order valence-electron chi connectivity index (χ1n) is 8.12. The minimum Gasteiger partial charge on any atom is -0.297 e. The Hall–Kier alpha value is -0.970. The van der Waals surface area contributed by atoms with Gasteiger partial charge in [-0.2, -0.15) is 0 Å². The Bertz CT molecular complexity index is 439. The summed E-state index contributed by atoms with van der Waals surface area (Å²) in [6, 6.07) is 7.02. The summed E-state index contributed by atoms with van der Waals surface area (Å²) in [6.07, 6.45) is 5.60. The second kappa shape index (κ2) is 7.34. The van der Waals surface area contributed by atoms with Crippen LogP contribution in [0.2, 0.25) is 0 Å². The number of hydrogen-bond acceptors (Lipinski definition) is 3. The molecule has 0 heterocycles. The van der Waals surface area contributed by atoms with E-state index in [0.29, 0.717) is 0 Å². The summed E-state index contributed by atoms with van der Waals surface area (Å²) in [4.78, 5) is 2.53. The smallest absolute Gasteiger partial charge is 0.123 e. The first kappa shape index (κ1) is 16.4. The lowest BCUT2D eigenvalue weighted by molar-refractivity contribution is 0.0629. The van der Waals surface area contributed by atoms with Gasteiger partial charge in [0.05, 0.1) is 0 Å². The van der Waals surface area contributed by atoms with Gasteiger partial charge in [-0.25, -0.2) is 4.39 Å².